The van der Waals surface area contributed by atoms with Crippen molar-refractivity contribution in [3.05, 3.63) is 28.8 Å². The van der Waals surface area contributed by atoms with Crippen LogP contribution in [0.3, 0.4) is 0 Å². The minimum Gasteiger partial charge on any atom is -0.399 e. The zero-order valence-electron chi connectivity index (χ0n) is 10.3. The maximum atomic E-state index is 6.02. The first-order valence-electron chi connectivity index (χ1n) is 5.95. The van der Waals surface area contributed by atoms with Gasteiger partial charge in [-0.25, -0.2) is 0 Å². The van der Waals surface area contributed by atoms with Crippen molar-refractivity contribution in [3.63, 3.8) is 0 Å². The molecule has 0 amide bonds. The largest absolute Gasteiger partial charge is 0.399 e. The molecule has 0 aliphatic carbocycles. The van der Waals surface area contributed by atoms with Crippen LogP contribution in [0.1, 0.15) is 19.4 Å². The molecular formula is C13H19ClN2S. The Kier molecular flexibility index (Phi) is 4.23. The van der Waals surface area contributed by atoms with Crippen molar-refractivity contribution in [2.75, 3.05) is 18.8 Å². The van der Waals surface area contributed by atoms with Gasteiger partial charge in [0, 0.05) is 40.8 Å². The van der Waals surface area contributed by atoms with E-state index in [1.54, 1.807) is 6.07 Å². The zero-order chi connectivity index (χ0) is 12.4. The first-order chi connectivity index (χ1) is 8.02. The number of hydrogen-bond acceptors (Lipinski definition) is 3. The SMILES string of the molecule is CC1CN(Cc2cc(N)cc(Cl)c2)CC(C)S1. The van der Waals surface area contributed by atoms with Crippen LogP contribution < -0.4 is 5.73 Å². The minimum atomic E-state index is 0.704. The fourth-order valence-corrected chi connectivity index (χ4v) is 4.09. The zero-order valence-corrected chi connectivity index (χ0v) is 11.9. The Hall–Kier alpha value is -0.380. The van der Waals surface area contributed by atoms with Gasteiger partial charge in [0.05, 0.1) is 0 Å². The number of thioether (sulfide) groups is 1. The summed E-state index contributed by atoms with van der Waals surface area (Å²) in [7, 11) is 0. The lowest BCUT2D eigenvalue weighted by Crippen LogP contribution is -2.39. The van der Waals surface area contributed by atoms with Crippen LogP contribution in [-0.2, 0) is 6.54 Å². The summed E-state index contributed by atoms with van der Waals surface area (Å²) in [6.07, 6.45) is 0. The summed E-state index contributed by atoms with van der Waals surface area (Å²) >= 11 is 8.09. The molecule has 2 N–H and O–H groups in total. The van der Waals surface area contributed by atoms with Gasteiger partial charge in [0.25, 0.3) is 0 Å². The summed E-state index contributed by atoms with van der Waals surface area (Å²) < 4.78 is 0. The van der Waals surface area contributed by atoms with Gasteiger partial charge in [-0.05, 0) is 23.8 Å². The van der Waals surface area contributed by atoms with E-state index in [2.05, 4.69) is 30.5 Å². The van der Waals surface area contributed by atoms with Crippen molar-refractivity contribution in [2.45, 2.75) is 30.9 Å². The molecule has 1 saturated heterocycles. The van der Waals surface area contributed by atoms with Crippen molar-refractivity contribution < 1.29 is 0 Å². The van der Waals surface area contributed by atoms with Gasteiger partial charge in [-0.2, -0.15) is 11.8 Å². The fraction of sp³-hybridized carbons (Fsp3) is 0.538. The van der Waals surface area contributed by atoms with Crippen molar-refractivity contribution in [3.8, 4) is 0 Å². The molecule has 17 heavy (non-hydrogen) atoms. The van der Waals surface area contributed by atoms with E-state index in [9.17, 15) is 0 Å². The van der Waals surface area contributed by atoms with Crippen molar-refractivity contribution in [1.29, 1.82) is 0 Å². The van der Waals surface area contributed by atoms with E-state index >= 15 is 0 Å². The van der Waals surface area contributed by atoms with Crippen molar-refractivity contribution in [2.24, 2.45) is 0 Å². The summed E-state index contributed by atoms with van der Waals surface area (Å²) in [5.41, 5.74) is 7.77. The number of nitrogens with two attached hydrogens (primary N) is 1. The van der Waals surface area contributed by atoms with Crippen LogP contribution in [0.4, 0.5) is 5.69 Å². The number of anilines is 1. The smallest absolute Gasteiger partial charge is 0.0429 e. The molecule has 0 bridgehead atoms. The molecule has 94 valence electrons. The molecule has 1 fully saturated rings. The highest BCUT2D eigenvalue weighted by Gasteiger charge is 2.22. The molecule has 0 radical (unpaired) electrons. The van der Waals surface area contributed by atoms with Crippen LogP contribution in [0, 0.1) is 0 Å². The highest BCUT2D eigenvalue weighted by atomic mass is 35.5. The van der Waals surface area contributed by atoms with Gasteiger partial charge in [-0.3, -0.25) is 4.90 Å². The third-order valence-electron chi connectivity index (χ3n) is 2.88. The first kappa shape index (κ1) is 13.1. The van der Waals surface area contributed by atoms with Crippen LogP contribution in [0.25, 0.3) is 0 Å². The molecule has 1 aliphatic heterocycles. The highest BCUT2D eigenvalue weighted by molar-refractivity contribution is 8.00. The van der Waals surface area contributed by atoms with E-state index in [0.29, 0.717) is 10.5 Å². The second-order valence-electron chi connectivity index (χ2n) is 4.84. The third-order valence-corrected chi connectivity index (χ3v) is 4.33. The number of nitrogens with zero attached hydrogens (tertiary/aromatic N) is 1. The molecule has 0 saturated carbocycles. The second-order valence-corrected chi connectivity index (χ2v) is 7.16. The molecule has 0 aromatic heterocycles. The van der Waals surface area contributed by atoms with Gasteiger partial charge in [-0.1, -0.05) is 25.4 Å². The van der Waals surface area contributed by atoms with Crippen molar-refractivity contribution in [1.82, 2.24) is 4.90 Å². The molecule has 2 atom stereocenters. The monoisotopic (exact) mass is 270 g/mol. The summed E-state index contributed by atoms with van der Waals surface area (Å²) in [5.74, 6) is 0. The van der Waals surface area contributed by atoms with Gasteiger partial charge in [0.15, 0.2) is 0 Å². The van der Waals surface area contributed by atoms with E-state index in [-0.39, 0.29) is 0 Å². The number of hydrogen-bond donors (Lipinski definition) is 1. The Morgan fingerprint density at radius 3 is 2.53 bits per heavy atom. The van der Waals surface area contributed by atoms with E-state index < -0.39 is 0 Å². The minimum absolute atomic E-state index is 0.704. The Balaban J connectivity index is 2.04. The molecule has 2 nitrogen and oxygen atoms in total. The fourth-order valence-electron chi connectivity index (χ4n) is 2.44. The van der Waals surface area contributed by atoms with Crippen LogP contribution in [-0.4, -0.2) is 28.5 Å². The predicted molar refractivity (Wildman–Crippen MR) is 77.7 cm³/mol. The summed E-state index contributed by atoms with van der Waals surface area (Å²) in [6, 6.07) is 5.82. The van der Waals surface area contributed by atoms with Gasteiger partial charge in [-0.15, -0.1) is 0 Å². The third kappa shape index (κ3) is 3.80. The van der Waals surface area contributed by atoms with Gasteiger partial charge >= 0.3 is 0 Å². The summed E-state index contributed by atoms with van der Waals surface area (Å²) in [5, 5.41) is 2.14. The second kappa shape index (κ2) is 5.51. The van der Waals surface area contributed by atoms with Crippen LogP contribution >= 0.6 is 23.4 Å². The molecule has 2 unspecified atom stereocenters. The van der Waals surface area contributed by atoms with E-state index in [1.807, 2.05) is 12.1 Å². The van der Waals surface area contributed by atoms with E-state index in [0.717, 1.165) is 30.3 Å². The van der Waals surface area contributed by atoms with Crippen LogP contribution in [0.2, 0.25) is 5.02 Å². The van der Waals surface area contributed by atoms with Crippen LogP contribution in [0.15, 0.2) is 18.2 Å². The molecule has 1 aromatic carbocycles. The molecular weight excluding hydrogens is 252 g/mol. The predicted octanol–water partition coefficient (Wildman–Crippen LogP) is 3.25. The molecule has 1 aromatic rings. The Labute approximate surface area is 113 Å². The molecule has 2 rings (SSSR count). The number of rotatable bonds is 2. The van der Waals surface area contributed by atoms with Gasteiger partial charge < -0.3 is 5.73 Å². The normalized spacial score (nSPS) is 26.1. The molecule has 0 spiro atoms. The topological polar surface area (TPSA) is 29.3 Å². The number of halogens is 1. The summed E-state index contributed by atoms with van der Waals surface area (Å²) in [6.45, 7) is 7.81. The summed E-state index contributed by atoms with van der Waals surface area (Å²) in [4.78, 5) is 2.48. The lowest BCUT2D eigenvalue weighted by atomic mass is 10.1. The Bertz CT molecular complexity index is 367. The van der Waals surface area contributed by atoms with Gasteiger partial charge in [0.2, 0.25) is 0 Å². The van der Waals surface area contributed by atoms with Crippen molar-refractivity contribution >= 4 is 29.1 Å². The van der Waals surface area contributed by atoms with Crippen LogP contribution in [0.5, 0.6) is 0 Å². The Morgan fingerprint density at radius 2 is 1.94 bits per heavy atom. The average Bonchev–Trinajstić information content (AvgIpc) is 2.13. The molecule has 1 aliphatic rings. The molecule has 4 heteroatoms. The number of benzene rings is 1. The Morgan fingerprint density at radius 1 is 1.29 bits per heavy atom. The quantitative estimate of drug-likeness (QED) is 0.837. The highest BCUT2D eigenvalue weighted by Crippen LogP contribution is 2.26. The average molecular weight is 271 g/mol. The standard InChI is InChI=1S/C13H19ClN2S/c1-9-6-16(7-10(2)17-9)8-11-3-12(14)5-13(15)4-11/h3-5,9-10H,6-8,15H2,1-2H3. The maximum absolute atomic E-state index is 6.02. The molecule has 1 heterocycles. The van der Waals surface area contributed by atoms with Gasteiger partial charge in [0.1, 0.15) is 0 Å². The maximum Gasteiger partial charge on any atom is 0.0429 e. The van der Waals surface area contributed by atoms with E-state index in [1.165, 1.54) is 5.56 Å². The first-order valence-corrected chi connectivity index (χ1v) is 7.28. The van der Waals surface area contributed by atoms with E-state index in [4.69, 9.17) is 17.3 Å². The number of nitrogen functional groups attached to an aromatic ring is 1. The lowest BCUT2D eigenvalue weighted by molar-refractivity contribution is 0.263. The lowest BCUT2D eigenvalue weighted by Gasteiger charge is -2.34.